The minimum Gasteiger partial charge on any atom is -0.478 e. The smallest absolute Gasteiger partial charge is 0.336 e. The molecule has 1 unspecified atom stereocenters. The second-order valence-electron chi connectivity index (χ2n) is 4.51. The summed E-state index contributed by atoms with van der Waals surface area (Å²) in [5.41, 5.74) is 1.63. The van der Waals surface area contributed by atoms with E-state index in [1.807, 2.05) is 13.2 Å². The molecule has 4 nitrogen and oxygen atoms in total. The van der Waals surface area contributed by atoms with Crippen molar-refractivity contribution in [3.8, 4) is 0 Å². The number of carboxylic acids is 1. The van der Waals surface area contributed by atoms with Crippen LogP contribution in [0, 0.1) is 13.8 Å². The Bertz CT molecular complexity index is 500. The molecule has 19 heavy (non-hydrogen) atoms. The molecular formula is C14H19NO3S. The van der Waals surface area contributed by atoms with Gasteiger partial charge in [0, 0.05) is 11.8 Å². The van der Waals surface area contributed by atoms with Crippen LogP contribution in [0.1, 0.15) is 38.8 Å². The van der Waals surface area contributed by atoms with Crippen molar-refractivity contribution in [1.82, 2.24) is 5.32 Å². The van der Waals surface area contributed by atoms with E-state index >= 15 is 0 Å². The summed E-state index contributed by atoms with van der Waals surface area (Å²) < 4.78 is 0. The van der Waals surface area contributed by atoms with Gasteiger partial charge in [0.15, 0.2) is 0 Å². The normalized spacial score (nSPS) is 12.0. The first-order valence-corrected chi connectivity index (χ1v) is 7.31. The van der Waals surface area contributed by atoms with Gasteiger partial charge >= 0.3 is 5.97 Å². The zero-order valence-corrected chi connectivity index (χ0v) is 12.4. The second-order valence-corrected chi connectivity index (χ2v) is 5.79. The summed E-state index contributed by atoms with van der Waals surface area (Å²) in [5.74, 6) is -1.39. The number of carbonyl (C=O) groups is 2. The fourth-order valence-corrected chi connectivity index (χ4v) is 2.04. The summed E-state index contributed by atoms with van der Waals surface area (Å²) in [7, 11) is 0. The molecule has 0 fully saturated rings. The number of nitrogens with one attached hydrogen (secondary N) is 1. The van der Waals surface area contributed by atoms with Crippen LogP contribution in [0.15, 0.2) is 12.1 Å². The summed E-state index contributed by atoms with van der Waals surface area (Å²) in [4.78, 5) is 23.5. The van der Waals surface area contributed by atoms with E-state index in [0.29, 0.717) is 22.9 Å². The highest BCUT2D eigenvalue weighted by Gasteiger charge is 2.21. The monoisotopic (exact) mass is 281 g/mol. The molecule has 0 aliphatic carbocycles. The first-order chi connectivity index (χ1) is 8.88. The van der Waals surface area contributed by atoms with E-state index in [2.05, 4.69) is 5.32 Å². The number of aromatic carboxylic acids is 1. The predicted molar refractivity (Wildman–Crippen MR) is 78.2 cm³/mol. The molecule has 1 amide bonds. The third-order valence-corrected chi connectivity index (χ3v) is 3.99. The Morgan fingerprint density at radius 1 is 1.26 bits per heavy atom. The number of carboxylic acid groups (broad SMARTS) is 1. The van der Waals surface area contributed by atoms with Crippen molar-refractivity contribution in [2.24, 2.45) is 0 Å². The number of thioether (sulfide) groups is 1. The molecule has 1 aromatic rings. The summed E-state index contributed by atoms with van der Waals surface area (Å²) in [6.07, 6.45) is 1.97. The van der Waals surface area contributed by atoms with Gasteiger partial charge in [-0.2, -0.15) is 11.8 Å². The molecule has 0 aliphatic rings. The zero-order valence-electron chi connectivity index (χ0n) is 11.6. The van der Waals surface area contributed by atoms with Gasteiger partial charge in [-0.15, -0.1) is 0 Å². The van der Waals surface area contributed by atoms with E-state index < -0.39 is 5.97 Å². The zero-order chi connectivity index (χ0) is 14.6. The molecule has 0 radical (unpaired) electrons. The van der Waals surface area contributed by atoms with E-state index in [9.17, 15) is 14.7 Å². The minimum atomic E-state index is -1.07. The second kappa shape index (κ2) is 6.61. The van der Waals surface area contributed by atoms with Crippen LogP contribution < -0.4 is 5.32 Å². The maximum Gasteiger partial charge on any atom is 0.336 e. The summed E-state index contributed by atoms with van der Waals surface area (Å²) in [5, 5.41) is 12.3. The largest absolute Gasteiger partial charge is 0.478 e. The molecule has 2 N–H and O–H groups in total. The molecule has 0 saturated heterocycles. The summed E-state index contributed by atoms with van der Waals surface area (Å²) >= 11 is 1.65. The Kier molecular flexibility index (Phi) is 5.42. The number of amides is 1. The molecule has 5 heteroatoms. The van der Waals surface area contributed by atoms with E-state index in [-0.39, 0.29) is 17.0 Å². The SMILES string of the molecule is CSC(C)CNC(=O)c1c(C)ccc(C)c1C(=O)O. The third-order valence-electron chi connectivity index (χ3n) is 3.02. The standard InChI is InChI=1S/C14H19NO3S/c1-8-5-6-9(2)12(14(17)18)11(8)13(16)15-7-10(3)19-4/h5-6,10H,7H2,1-4H3,(H,15,16)(H,17,18). The lowest BCUT2D eigenvalue weighted by atomic mass is 9.96. The van der Waals surface area contributed by atoms with Gasteiger partial charge in [0.25, 0.3) is 5.91 Å². The van der Waals surface area contributed by atoms with Crippen molar-refractivity contribution in [1.29, 1.82) is 0 Å². The Hall–Kier alpha value is -1.49. The Morgan fingerprint density at radius 2 is 1.79 bits per heavy atom. The maximum absolute atomic E-state index is 12.2. The Labute approximate surface area is 117 Å². The first kappa shape index (κ1) is 15.6. The number of carbonyl (C=O) groups excluding carboxylic acids is 1. The first-order valence-electron chi connectivity index (χ1n) is 6.03. The summed E-state index contributed by atoms with van der Waals surface area (Å²) in [6, 6.07) is 3.49. The van der Waals surface area contributed by atoms with Gasteiger partial charge in [0.05, 0.1) is 11.1 Å². The van der Waals surface area contributed by atoms with E-state index in [0.717, 1.165) is 0 Å². The number of hydrogen-bond donors (Lipinski definition) is 2. The highest BCUT2D eigenvalue weighted by atomic mass is 32.2. The molecule has 0 heterocycles. The third kappa shape index (κ3) is 3.73. The van der Waals surface area contributed by atoms with E-state index in [1.165, 1.54) is 0 Å². The van der Waals surface area contributed by atoms with Crippen LogP contribution in [0.4, 0.5) is 0 Å². The van der Waals surface area contributed by atoms with Crippen LogP contribution in [0.25, 0.3) is 0 Å². The molecule has 1 rings (SSSR count). The molecule has 1 aromatic carbocycles. The van der Waals surface area contributed by atoms with Crippen molar-refractivity contribution >= 4 is 23.6 Å². The molecule has 0 bridgehead atoms. The van der Waals surface area contributed by atoms with Crippen LogP contribution in [-0.2, 0) is 0 Å². The van der Waals surface area contributed by atoms with E-state index in [1.54, 1.807) is 37.7 Å². The lowest BCUT2D eigenvalue weighted by Crippen LogP contribution is -2.31. The average Bonchev–Trinajstić information content (AvgIpc) is 2.37. The van der Waals surface area contributed by atoms with Gasteiger partial charge in [0.1, 0.15) is 0 Å². The molecule has 0 aromatic heterocycles. The van der Waals surface area contributed by atoms with Gasteiger partial charge in [-0.3, -0.25) is 4.79 Å². The van der Waals surface area contributed by atoms with Gasteiger partial charge in [-0.25, -0.2) is 4.79 Å². The van der Waals surface area contributed by atoms with Crippen molar-refractivity contribution in [2.75, 3.05) is 12.8 Å². The molecular weight excluding hydrogens is 262 g/mol. The lowest BCUT2D eigenvalue weighted by molar-refractivity contribution is 0.0690. The highest BCUT2D eigenvalue weighted by Crippen LogP contribution is 2.19. The molecule has 0 saturated carbocycles. The molecule has 1 atom stereocenters. The van der Waals surface area contributed by atoms with Crippen molar-refractivity contribution in [2.45, 2.75) is 26.0 Å². The van der Waals surface area contributed by atoms with Gasteiger partial charge < -0.3 is 10.4 Å². The molecule has 104 valence electrons. The number of aryl methyl sites for hydroxylation is 2. The quantitative estimate of drug-likeness (QED) is 0.870. The minimum absolute atomic E-state index is 0.0919. The van der Waals surface area contributed by atoms with Crippen LogP contribution in [0.5, 0.6) is 0 Å². The Balaban J connectivity index is 3.08. The van der Waals surface area contributed by atoms with Crippen molar-refractivity contribution in [3.05, 3.63) is 34.4 Å². The van der Waals surface area contributed by atoms with Crippen molar-refractivity contribution in [3.63, 3.8) is 0 Å². The fourth-order valence-electron chi connectivity index (χ4n) is 1.79. The van der Waals surface area contributed by atoms with Gasteiger partial charge in [-0.05, 0) is 31.2 Å². The summed E-state index contributed by atoms with van der Waals surface area (Å²) in [6.45, 7) is 5.97. The maximum atomic E-state index is 12.2. The highest BCUT2D eigenvalue weighted by molar-refractivity contribution is 7.99. The van der Waals surface area contributed by atoms with Gasteiger partial charge in [0.2, 0.25) is 0 Å². The van der Waals surface area contributed by atoms with Crippen LogP contribution >= 0.6 is 11.8 Å². The molecule has 0 spiro atoms. The van der Waals surface area contributed by atoms with Crippen LogP contribution in [-0.4, -0.2) is 35.0 Å². The van der Waals surface area contributed by atoms with Gasteiger partial charge in [-0.1, -0.05) is 19.1 Å². The van der Waals surface area contributed by atoms with Crippen LogP contribution in [0.2, 0.25) is 0 Å². The fraction of sp³-hybridized carbons (Fsp3) is 0.429. The number of hydrogen-bond acceptors (Lipinski definition) is 3. The van der Waals surface area contributed by atoms with Crippen LogP contribution in [0.3, 0.4) is 0 Å². The van der Waals surface area contributed by atoms with E-state index in [4.69, 9.17) is 0 Å². The number of rotatable bonds is 5. The topological polar surface area (TPSA) is 66.4 Å². The number of benzene rings is 1. The lowest BCUT2D eigenvalue weighted by Gasteiger charge is -2.14. The predicted octanol–water partition coefficient (Wildman–Crippen LogP) is 2.48. The average molecular weight is 281 g/mol. The van der Waals surface area contributed by atoms with Crippen molar-refractivity contribution < 1.29 is 14.7 Å². The molecule has 0 aliphatic heterocycles. The Morgan fingerprint density at radius 3 is 2.26 bits per heavy atom.